The van der Waals surface area contributed by atoms with Crippen LogP contribution in [0.15, 0.2) is 12.4 Å². The topological polar surface area (TPSA) is 29.9 Å². The van der Waals surface area contributed by atoms with Crippen molar-refractivity contribution in [3.05, 3.63) is 18.2 Å². The van der Waals surface area contributed by atoms with Crippen molar-refractivity contribution in [1.82, 2.24) is 14.9 Å². The molecule has 0 spiro atoms. The molecule has 0 aliphatic carbocycles. The number of thioether (sulfide) groups is 1. The highest BCUT2D eigenvalue weighted by Gasteiger charge is 2.26. The molecule has 0 bridgehead atoms. The minimum absolute atomic E-state index is 0.604. The lowest BCUT2D eigenvalue weighted by Crippen LogP contribution is -2.39. The number of rotatable bonds is 7. The molecule has 102 valence electrons. The van der Waals surface area contributed by atoms with Gasteiger partial charge in [-0.05, 0) is 43.7 Å². The monoisotopic (exact) mass is 267 g/mol. The first-order chi connectivity index (χ1) is 8.85. The van der Waals surface area contributed by atoms with Crippen LogP contribution in [0.4, 0.5) is 0 Å². The van der Waals surface area contributed by atoms with Crippen LogP contribution in [0.25, 0.3) is 0 Å². The summed E-state index contributed by atoms with van der Waals surface area (Å²) in [5, 5.41) is 3.73. The van der Waals surface area contributed by atoms with Gasteiger partial charge in [0.15, 0.2) is 0 Å². The summed E-state index contributed by atoms with van der Waals surface area (Å²) in [5.74, 6) is 4.71. The largest absolute Gasteiger partial charge is 0.335 e. The molecule has 4 heteroatoms. The van der Waals surface area contributed by atoms with E-state index in [1.165, 1.54) is 30.2 Å². The van der Waals surface area contributed by atoms with Gasteiger partial charge >= 0.3 is 0 Å². The van der Waals surface area contributed by atoms with Crippen molar-refractivity contribution in [3.63, 3.8) is 0 Å². The summed E-state index contributed by atoms with van der Waals surface area (Å²) in [5.41, 5.74) is 0. The molecule has 2 rings (SSSR count). The minimum atomic E-state index is 0.604. The summed E-state index contributed by atoms with van der Waals surface area (Å²) in [6, 6.07) is 0.604. The third-order valence-electron chi connectivity index (χ3n) is 3.74. The van der Waals surface area contributed by atoms with Crippen molar-refractivity contribution < 1.29 is 0 Å². The van der Waals surface area contributed by atoms with Gasteiger partial charge in [0, 0.05) is 31.4 Å². The molecule has 1 N–H and O–H groups in total. The highest BCUT2D eigenvalue weighted by Crippen LogP contribution is 2.27. The van der Waals surface area contributed by atoms with Gasteiger partial charge in [-0.25, -0.2) is 4.98 Å². The van der Waals surface area contributed by atoms with Gasteiger partial charge in [0.2, 0.25) is 0 Å². The maximum absolute atomic E-state index is 4.52. The molecule has 1 aliphatic rings. The number of nitrogens with one attached hydrogen (secondary N) is 1. The summed E-state index contributed by atoms with van der Waals surface area (Å²) in [6.45, 7) is 6.57. The molecule has 0 radical (unpaired) electrons. The molecule has 0 saturated carbocycles. The van der Waals surface area contributed by atoms with Gasteiger partial charge in [-0.2, -0.15) is 11.8 Å². The van der Waals surface area contributed by atoms with Crippen LogP contribution >= 0.6 is 11.8 Å². The molecule has 2 atom stereocenters. The summed E-state index contributed by atoms with van der Waals surface area (Å²) in [4.78, 5) is 4.52. The number of hydrogen-bond acceptors (Lipinski definition) is 3. The standard InChI is InChI=1S/C14H25N3S/c1-3-6-15-13(12-5-9-18-11-12)10-14-16-7-8-17(14)4-2/h7-8,12-13,15H,3-6,9-11H2,1-2H3. The van der Waals surface area contributed by atoms with Gasteiger partial charge in [-0.3, -0.25) is 0 Å². The van der Waals surface area contributed by atoms with Crippen molar-refractivity contribution in [3.8, 4) is 0 Å². The summed E-state index contributed by atoms with van der Waals surface area (Å²) in [6.07, 6.45) is 7.66. The van der Waals surface area contributed by atoms with E-state index in [0.717, 1.165) is 25.4 Å². The zero-order valence-electron chi connectivity index (χ0n) is 11.6. The Hall–Kier alpha value is -0.480. The maximum Gasteiger partial charge on any atom is 0.110 e. The molecule has 18 heavy (non-hydrogen) atoms. The fourth-order valence-corrected chi connectivity index (χ4v) is 3.96. The van der Waals surface area contributed by atoms with Gasteiger partial charge in [-0.1, -0.05) is 6.92 Å². The quantitative estimate of drug-likeness (QED) is 0.823. The van der Waals surface area contributed by atoms with E-state index in [9.17, 15) is 0 Å². The van der Waals surface area contributed by atoms with Crippen LogP contribution in [0.1, 0.15) is 32.5 Å². The molecule has 1 fully saturated rings. The number of aryl methyl sites for hydroxylation is 1. The lowest BCUT2D eigenvalue weighted by molar-refractivity contribution is 0.371. The highest BCUT2D eigenvalue weighted by atomic mass is 32.2. The van der Waals surface area contributed by atoms with E-state index in [-0.39, 0.29) is 0 Å². The molecule has 1 aromatic rings. The summed E-state index contributed by atoms with van der Waals surface area (Å²) < 4.78 is 2.27. The lowest BCUT2D eigenvalue weighted by Gasteiger charge is -2.24. The first-order valence-electron chi connectivity index (χ1n) is 7.16. The van der Waals surface area contributed by atoms with Crippen LogP contribution in [0.2, 0.25) is 0 Å². The van der Waals surface area contributed by atoms with Gasteiger partial charge in [0.05, 0.1) is 0 Å². The summed E-state index contributed by atoms with van der Waals surface area (Å²) in [7, 11) is 0. The number of hydrogen-bond donors (Lipinski definition) is 1. The van der Waals surface area contributed by atoms with Crippen LogP contribution in [-0.2, 0) is 13.0 Å². The molecule has 1 saturated heterocycles. The second kappa shape index (κ2) is 7.19. The van der Waals surface area contributed by atoms with Crippen molar-refractivity contribution in [2.75, 3.05) is 18.1 Å². The van der Waals surface area contributed by atoms with Crippen LogP contribution in [0, 0.1) is 5.92 Å². The van der Waals surface area contributed by atoms with Crippen molar-refractivity contribution in [1.29, 1.82) is 0 Å². The van der Waals surface area contributed by atoms with E-state index in [1.807, 2.05) is 6.20 Å². The van der Waals surface area contributed by atoms with E-state index in [0.29, 0.717) is 6.04 Å². The molecular weight excluding hydrogens is 242 g/mol. The summed E-state index contributed by atoms with van der Waals surface area (Å²) >= 11 is 2.10. The molecule has 2 unspecified atom stereocenters. The Balaban J connectivity index is 1.99. The Labute approximate surface area is 115 Å². The van der Waals surface area contributed by atoms with Gasteiger partial charge in [0.25, 0.3) is 0 Å². The van der Waals surface area contributed by atoms with E-state index < -0.39 is 0 Å². The average molecular weight is 267 g/mol. The second-order valence-corrected chi connectivity index (χ2v) is 6.17. The second-order valence-electron chi connectivity index (χ2n) is 5.02. The van der Waals surface area contributed by atoms with Gasteiger partial charge in [-0.15, -0.1) is 0 Å². The molecule has 2 heterocycles. The predicted molar refractivity (Wildman–Crippen MR) is 79.1 cm³/mol. The smallest absolute Gasteiger partial charge is 0.110 e. The normalized spacial score (nSPS) is 21.3. The average Bonchev–Trinajstić information content (AvgIpc) is 3.04. The Morgan fingerprint density at radius 2 is 2.44 bits per heavy atom. The zero-order valence-corrected chi connectivity index (χ0v) is 12.4. The SMILES string of the molecule is CCCNC(Cc1nccn1CC)C1CCSC1. The molecule has 0 amide bonds. The van der Waals surface area contributed by atoms with Crippen LogP contribution in [0.5, 0.6) is 0 Å². The van der Waals surface area contributed by atoms with Crippen LogP contribution in [-0.4, -0.2) is 33.6 Å². The molecule has 0 aromatic carbocycles. The van der Waals surface area contributed by atoms with Crippen LogP contribution < -0.4 is 5.32 Å². The van der Waals surface area contributed by atoms with E-state index in [1.54, 1.807) is 0 Å². The Morgan fingerprint density at radius 3 is 3.11 bits per heavy atom. The molecule has 1 aliphatic heterocycles. The van der Waals surface area contributed by atoms with E-state index >= 15 is 0 Å². The van der Waals surface area contributed by atoms with Crippen LogP contribution in [0.3, 0.4) is 0 Å². The Kier molecular flexibility index (Phi) is 5.57. The first kappa shape index (κ1) is 13.9. The fourth-order valence-electron chi connectivity index (χ4n) is 2.62. The van der Waals surface area contributed by atoms with Crippen molar-refractivity contribution in [2.45, 2.75) is 45.7 Å². The van der Waals surface area contributed by atoms with Gasteiger partial charge in [0.1, 0.15) is 5.82 Å². The van der Waals surface area contributed by atoms with E-state index in [2.05, 4.69) is 46.7 Å². The third-order valence-corrected chi connectivity index (χ3v) is 4.92. The van der Waals surface area contributed by atoms with Gasteiger partial charge < -0.3 is 9.88 Å². The number of imidazole rings is 1. The third kappa shape index (κ3) is 3.51. The molecular formula is C14H25N3S. The predicted octanol–water partition coefficient (Wildman–Crippen LogP) is 2.57. The van der Waals surface area contributed by atoms with Crippen molar-refractivity contribution in [2.24, 2.45) is 5.92 Å². The van der Waals surface area contributed by atoms with E-state index in [4.69, 9.17) is 0 Å². The molecule has 1 aromatic heterocycles. The van der Waals surface area contributed by atoms with Crippen molar-refractivity contribution >= 4 is 11.8 Å². The molecule has 3 nitrogen and oxygen atoms in total. The zero-order chi connectivity index (χ0) is 12.8. The first-order valence-corrected chi connectivity index (χ1v) is 8.31. The lowest BCUT2D eigenvalue weighted by atomic mass is 9.96. The fraction of sp³-hybridized carbons (Fsp3) is 0.786. The minimum Gasteiger partial charge on any atom is -0.335 e. The number of nitrogens with zero attached hydrogens (tertiary/aromatic N) is 2. The maximum atomic E-state index is 4.52. The highest BCUT2D eigenvalue weighted by molar-refractivity contribution is 7.99. The Morgan fingerprint density at radius 1 is 1.56 bits per heavy atom. The number of aromatic nitrogens is 2. The Bertz CT molecular complexity index is 345.